The highest BCUT2D eigenvalue weighted by Gasteiger charge is 2.25. The van der Waals surface area contributed by atoms with Crippen LogP contribution in [-0.4, -0.2) is 34.9 Å². The molecule has 1 fully saturated rings. The number of nitrogens with one attached hydrogen (secondary N) is 2. The third kappa shape index (κ3) is 4.50. The van der Waals surface area contributed by atoms with Gasteiger partial charge in [0.2, 0.25) is 0 Å². The largest absolute Gasteiger partial charge is 0.347 e. The maximum atomic E-state index is 11.3. The SMILES string of the molecule is CC(C)(C)NC(=O)C(=O)NC[C@H]1CS1. The van der Waals surface area contributed by atoms with Gasteiger partial charge in [0.1, 0.15) is 0 Å². The first-order valence-corrected chi connectivity index (χ1v) is 5.65. The maximum Gasteiger partial charge on any atom is 0.309 e. The van der Waals surface area contributed by atoms with Crippen LogP contribution in [0.5, 0.6) is 0 Å². The Labute approximate surface area is 88.2 Å². The van der Waals surface area contributed by atoms with E-state index < -0.39 is 11.8 Å². The predicted octanol–water partition coefficient (Wildman–Crippen LogP) is 0.133. The van der Waals surface area contributed by atoms with E-state index in [4.69, 9.17) is 0 Å². The van der Waals surface area contributed by atoms with Crippen molar-refractivity contribution in [2.45, 2.75) is 31.6 Å². The van der Waals surface area contributed by atoms with Crippen molar-refractivity contribution in [2.75, 3.05) is 12.3 Å². The second kappa shape index (κ2) is 4.21. The molecule has 14 heavy (non-hydrogen) atoms. The molecule has 0 spiro atoms. The smallest absolute Gasteiger partial charge is 0.309 e. The predicted molar refractivity (Wildman–Crippen MR) is 57.2 cm³/mol. The molecule has 1 atom stereocenters. The number of hydrogen-bond donors (Lipinski definition) is 2. The lowest BCUT2D eigenvalue weighted by Gasteiger charge is -2.19. The third-order valence-corrected chi connectivity index (χ3v) is 2.56. The van der Waals surface area contributed by atoms with E-state index in [2.05, 4.69) is 10.6 Å². The van der Waals surface area contributed by atoms with Crippen molar-refractivity contribution in [1.29, 1.82) is 0 Å². The first-order valence-electron chi connectivity index (χ1n) is 4.60. The summed E-state index contributed by atoms with van der Waals surface area (Å²) in [6.07, 6.45) is 0. The highest BCUT2D eigenvalue weighted by Crippen LogP contribution is 2.28. The van der Waals surface area contributed by atoms with Crippen LogP contribution in [0.1, 0.15) is 20.8 Å². The summed E-state index contributed by atoms with van der Waals surface area (Å²) in [6.45, 7) is 6.12. The summed E-state index contributed by atoms with van der Waals surface area (Å²) >= 11 is 1.79. The second-order valence-electron chi connectivity index (χ2n) is 4.37. The van der Waals surface area contributed by atoms with E-state index in [0.29, 0.717) is 11.8 Å². The summed E-state index contributed by atoms with van der Waals surface area (Å²) in [5.74, 6) is -0.00294. The average molecular weight is 216 g/mol. The summed E-state index contributed by atoms with van der Waals surface area (Å²) in [4.78, 5) is 22.5. The monoisotopic (exact) mass is 216 g/mol. The van der Waals surface area contributed by atoms with Crippen LogP contribution in [0.3, 0.4) is 0 Å². The molecule has 0 unspecified atom stereocenters. The Bertz CT molecular complexity index is 244. The number of carbonyl (C=O) groups excluding carboxylic acids is 2. The fourth-order valence-electron chi connectivity index (χ4n) is 0.870. The van der Waals surface area contributed by atoms with E-state index in [9.17, 15) is 9.59 Å². The third-order valence-electron chi connectivity index (χ3n) is 1.59. The zero-order chi connectivity index (χ0) is 10.8. The van der Waals surface area contributed by atoms with Crippen molar-refractivity contribution in [3.63, 3.8) is 0 Å². The molecule has 0 radical (unpaired) electrons. The summed E-state index contributed by atoms with van der Waals surface area (Å²) in [5.41, 5.74) is -0.358. The van der Waals surface area contributed by atoms with Gasteiger partial charge in [-0.3, -0.25) is 9.59 Å². The summed E-state index contributed by atoms with van der Waals surface area (Å²) in [6, 6.07) is 0. The molecule has 0 aromatic rings. The first kappa shape index (κ1) is 11.4. The average Bonchev–Trinajstić information content (AvgIpc) is 2.79. The number of thioether (sulfide) groups is 1. The fraction of sp³-hybridized carbons (Fsp3) is 0.778. The van der Waals surface area contributed by atoms with Crippen molar-refractivity contribution in [3.05, 3.63) is 0 Å². The summed E-state index contributed by atoms with van der Waals surface area (Å²) in [7, 11) is 0. The molecule has 4 nitrogen and oxygen atoms in total. The Morgan fingerprint density at radius 2 is 1.93 bits per heavy atom. The molecule has 1 rings (SSSR count). The highest BCUT2D eigenvalue weighted by molar-refractivity contribution is 8.06. The zero-order valence-electron chi connectivity index (χ0n) is 8.72. The molecule has 2 amide bonds. The molecule has 1 aliphatic rings. The molecule has 0 saturated carbocycles. The maximum absolute atomic E-state index is 11.3. The molecule has 2 N–H and O–H groups in total. The van der Waals surface area contributed by atoms with Gasteiger partial charge in [0, 0.05) is 23.1 Å². The molecular formula is C9H16N2O2S. The van der Waals surface area contributed by atoms with Gasteiger partial charge < -0.3 is 10.6 Å². The zero-order valence-corrected chi connectivity index (χ0v) is 9.53. The lowest BCUT2D eigenvalue weighted by molar-refractivity contribution is -0.140. The fourth-order valence-corrected chi connectivity index (χ4v) is 1.33. The molecule has 0 aromatic heterocycles. The molecule has 1 aliphatic heterocycles. The van der Waals surface area contributed by atoms with Gasteiger partial charge in [-0.05, 0) is 20.8 Å². The molecule has 0 bridgehead atoms. The molecule has 5 heteroatoms. The molecule has 1 heterocycles. The van der Waals surface area contributed by atoms with Gasteiger partial charge in [-0.1, -0.05) is 0 Å². The normalized spacial score (nSPS) is 20.1. The minimum Gasteiger partial charge on any atom is -0.347 e. The lowest BCUT2D eigenvalue weighted by Crippen LogP contribution is -2.48. The number of hydrogen-bond acceptors (Lipinski definition) is 3. The van der Waals surface area contributed by atoms with Crippen LogP contribution in [0.25, 0.3) is 0 Å². The molecule has 0 aliphatic carbocycles. The summed E-state index contributed by atoms with van der Waals surface area (Å²) < 4.78 is 0. The van der Waals surface area contributed by atoms with Crippen molar-refractivity contribution in [3.8, 4) is 0 Å². The van der Waals surface area contributed by atoms with Crippen molar-refractivity contribution in [2.24, 2.45) is 0 Å². The van der Waals surface area contributed by atoms with Crippen LogP contribution in [0.15, 0.2) is 0 Å². The second-order valence-corrected chi connectivity index (χ2v) is 5.70. The van der Waals surface area contributed by atoms with Gasteiger partial charge in [0.25, 0.3) is 0 Å². The first-order chi connectivity index (χ1) is 6.38. The van der Waals surface area contributed by atoms with Gasteiger partial charge in [-0.25, -0.2) is 0 Å². The van der Waals surface area contributed by atoms with Gasteiger partial charge in [0.15, 0.2) is 0 Å². The minimum absolute atomic E-state index is 0.358. The van der Waals surface area contributed by atoms with Crippen molar-refractivity contribution >= 4 is 23.6 Å². The standard InChI is InChI=1S/C9H16N2O2S/c1-9(2,3)11-8(13)7(12)10-4-6-5-14-6/h6H,4-5H2,1-3H3,(H,10,12)(H,11,13)/t6-/m0/s1. The van der Waals surface area contributed by atoms with E-state index in [0.717, 1.165) is 5.75 Å². The molecule has 80 valence electrons. The van der Waals surface area contributed by atoms with Gasteiger partial charge in [0.05, 0.1) is 0 Å². The van der Waals surface area contributed by atoms with Gasteiger partial charge in [-0.2, -0.15) is 11.8 Å². The van der Waals surface area contributed by atoms with Crippen LogP contribution in [-0.2, 0) is 9.59 Å². The Morgan fingerprint density at radius 3 is 2.36 bits per heavy atom. The topological polar surface area (TPSA) is 58.2 Å². The van der Waals surface area contributed by atoms with E-state index in [1.807, 2.05) is 20.8 Å². The van der Waals surface area contributed by atoms with E-state index in [1.165, 1.54) is 0 Å². The van der Waals surface area contributed by atoms with E-state index in [1.54, 1.807) is 11.8 Å². The van der Waals surface area contributed by atoms with Crippen LogP contribution in [0.2, 0.25) is 0 Å². The van der Waals surface area contributed by atoms with Crippen molar-refractivity contribution < 1.29 is 9.59 Å². The molecular weight excluding hydrogens is 200 g/mol. The molecule has 1 saturated heterocycles. The van der Waals surface area contributed by atoms with Gasteiger partial charge in [-0.15, -0.1) is 0 Å². The van der Waals surface area contributed by atoms with Crippen LogP contribution >= 0.6 is 11.8 Å². The number of amides is 2. The van der Waals surface area contributed by atoms with E-state index >= 15 is 0 Å². The van der Waals surface area contributed by atoms with Gasteiger partial charge >= 0.3 is 11.8 Å². The Kier molecular flexibility index (Phi) is 3.42. The quantitative estimate of drug-likeness (QED) is 0.509. The van der Waals surface area contributed by atoms with E-state index in [-0.39, 0.29) is 5.54 Å². The Balaban J connectivity index is 2.24. The Hall–Kier alpha value is -0.710. The van der Waals surface area contributed by atoms with Crippen LogP contribution in [0, 0.1) is 0 Å². The highest BCUT2D eigenvalue weighted by atomic mass is 32.2. The number of carbonyl (C=O) groups is 2. The number of rotatable bonds is 2. The minimum atomic E-state index is -0.553. The van der Waals surface area contributed by atoms with Crippen LogP contribution < -0.4 is 10.6 Å². The molecule has 0 aromatic carbocycles. The van der Waals surface area contributed by atoms with Crippen LogP contribution in [0.4, 0.5) is 0 Å². The summed E-state index contributed by atoms with van der Waals surface area (Å²) in [5, 5.41) is 5.72. The van der Waals surface area contributed by atoms with Crippen molar-refractivity contribution in [1.82, 2.24) is 10.6 Å². The Morgan fingerprint density at radius 1 is 1.36 bits per heavy atom. The lowest BCUT2D eigenvalue weighted by atomic mass is 10.1.